The van der Waals surface area contributed by atoms with Gasteiger partial charge in [-0.1, -0.05) is 6.07 Å². The molecule has 2 rings (SSSR count). The van der Waals surface area contributed by atoms with Gasteiger partial charge in [-0.15, -0.1) is 0 Å². The number of rotatable bonds is 3. The van der Waals surface area contributed by atoms with E-state index in [9.17, 15) is 4.79 Å². The molecule has 1 heterocycles. The molecule has 1 aromatic carbocycles. The Morgan fingerprint density at radius 1 is 1.24 bits per heavy atom. The number of nitrogens with zero attached hydrogens (tertiary/aromatic N) is 2. The highest BCUT2D eigenvalue weighted by Gasteiger charge is 2.19. The molecular formula is C16H25N3O2. The number of hydrogen-bond acceptors (Lipinski definition) is 4. The Morgan fingerprint density at radius 3 is 2.67 bits per heavy atom. The van der Waals surface area contributed by atoms with E-state index in [0.717, 1.165) is 44.0 Å². The second kappa shape index (κ2) is 6.70. The van der Waals surface area contributed by atoms with Crippen LogP contribution in [0, 0.1) is 0 Å². The van der Waals surface area contributed by atoms with Gasteiger partial charge < -0.3 is 20.3 Å². The Kier molecular flexibility index (Phi) is 4.94. The number of nitrogens with two attached hydrogens (primary N) is 1. The summed E-state index contributed by atoms with van der Waals surface area (Å²) in [6.45, 7) is 8.86. The molecule has 5 heteroatoms. The second-order valence-corrected chi connectivity index (χ2v) is 5.70. The fourth-order valence-corrected chi connectivity index (χ4v) is 2.64. The lowest BCUT2D eigenvalue weighted by Crippen LogP contribution is -2.33. The van der Waals surface area contributed by atoms with Crippen molar-refractivity contribution in [2.45, 2.75) is 33.3 Å². The van der Waals surface area contributed by atoms with Crippen LogP contribution in [0.2, 0.25) is 0 Å². The monoisotopic (exact) mass is 291 g/mol. The molecule has 0 saturated carbocycles. The van der Waals surface area contributed by atoms with Crippen molar-refractivity contribution < 1.29 is 9.53 Å². The van der Waals surface area contributed by atoms with Gasteiger partial charge in [0, 0.05) is 33.1 Å². The van der Waals surface area contributed by atoms with Gasteiger partial charge in [-0.05, 0) is 32.4 Å². The second-order valence-electron chi connectivity index (χ2n) is 5.70. The highest BCUT2D eigenvalue weighted by atomic mass is 16.5. The molecule has 21 heavy (non-hydrogen) atoms. The van der Waals surface area contributed by atoms with Crippen molar-refractivity contribution >= 4 is 17.3 Å². The summed E-state index contributed by atoms with van der Waals surface area (Å²) in [5.74, 6) is 0.872. The minimum Gasteiger partial charge on any atom is -0.489 e. The molecule has 0 aliphatic carbocycles. The van der Waals surface area contributed by atoms with Crippen LogP contribution in [0.5, 0.6) is 5.75 Å². The molecule has 0 unspecified atom stereocenters. The maximum atomic E-state index is 11.5. The van der Waals surface area contributed by atoms with Gasteiger partial charge in [0.25, 0.3) is 0 Å². The van der Waals surface area contributed by atoms with Gasteiger partial charge in [-0.2, -0.15) is 0 Å². The number of anilines is 2. The van der Waals surface area contributed by atoms with Gasteiger partial charge in [-0.3, -0.25) is 4.79 Å². The first-order chi connectivity index (χ1) is 9.99. The van der Waals surface area contributed by atoms with E-state index in [4.69, 9.17) is 10.5 Å². The standard InChI is InChI=1S/C16H25N3O2/c1-12(2)21-15-7-4-6-14(16(15)17)19-9-5-8-18(10-11-19)13(3)20/h4,6-7,12H,5,8-11,17H2,1-3H3. The molecule has 2 N–H and O–H groups in total. The summed E-state index contributed by atoms with van der Waals surface area (Å²) in [4.78, 5) is 15.6. The van der Waals surface area contributed by atoms with E-state index in [2.05, 4.69) is 4.90 Å². The lowest BCUT2D eigenvalue weighted by atomic mass is 10.2. The molecule has 0 radical (unpaired) electrons. The van der Waals surface area contributed by atoms with Gasteiger partial charge in [-0.25, -0.2) is 0 Å². The number of nitrogen functional groups attached to an aromatic ring is 1. The van der Waals surface area contributed by atoms with E-state index in [-0.39, 0.29) is 12.0 Å². The predicted octanol–water partition coefficient (Wildman–Crippen LogP) is 2.11. The third kappa shape index (κ3) is 3.80. The number of benzene rings is 1. The third-order valence-corrected chi connectivity index (χ3v) is 3.69. The van der Waals surface area contributed by atoms with Crippen molar-refractivity contribution in [3.8, 4) is 5.75 Å². The molecule has 5 nitrogen and oxygen atoms in total. The fourth-order valence-electron chi connectivity index (χ4n) is 2.64. The van der Waals surface area contributed by atoms with E-state index in [1.165, 1.54) is 0 Å². The average molecular weight is 291 g/mol. The predicted molar refractivity (Wildman–Crippen MR) is 85.7 cm³/mol. The minimum absolute atomic E-state index is 0.0971. The highest BCUT2D eigenvalue weighted by Crippen LogP contribution is 2.33. The molecule has 0 atom stereocenters. The van der Waals surface area contributed by atoms with Crippen LogP contribution in [-0.4, -0.2) is 43.1 Å². The van der Waals surface area contributed by atoms with Gasteiger partial charge in [0.15, 0.2) is 0 Å². The number of ether oxygens (including phenoxy) is 1. The largest absolute Gasteiger partial charge is 0.489 e. The summed E-state index contributed by atoms with van der Waals surface area (Å²) >= 11 is 0. The molecular weight excluding hydrogens is 266 g/mol. The first-order valence-electron chi connectivity index (χ1n) is 7.54. The topological polar surface area (TPSA) is 58.8 Å². The number of carbonyl (C=O) groups excluding carboxylic acids is 1. The summed E-state index contributed by atoms with van der Waals surface area (Å²) in [5, 5.41) is 0. The molecule has 0 bridgehead atoms. The molecule has 1 aliphatic heterocycles. The molecule has 1 aromatic rings. The first-order valence-corrected chi connectivity index (χ1v) is 7.54. The van der Waals surface area contributed by atoms with Crippen LogP contribution in [0.3, 0.4) is 0 Å². The van der Waals surface area contributed by atoms with Crippen LogP contribution in [0.15, 0.2) is 18.2 Å². The fraction of sp³-hybridized carbons (Fsp3) is 0.562. The Labute approximate surface area is 126 Å². The summed E-state index contributed by atoms with van der Waals surface area (Å²) < 4.78 is 5.75. The van der Waals surface area contributed by atoms with Gasteiger partial charge >= 0.3 is 0 Å². The summed E-state index contributed by atoms with van der Waals surface area (Å²) in [7, 11) is 0. The maximum absolute atomic E-state index is 11.5. The molecule has 1 fully saturated rings. The summed E-state index contributed by atoms with van der Waals surface area (Å²) in [6.07, 6.45) is 1.05. The number of amides is 1. The lowest BCUT2D eigenvalue weighted by molar-refractivity contribution is -0.128. The molecule has 0 spiro atoms. The van der Waals surface area contributed by atoms with E-state index in [1.54, 1.807) is 6.92 Å². The molecule has 1 aliphatic rings. The van der Waals surface area contributed by atoms with Crippen molar-refractivity contribution in [1.29, 1.82) is 0 Å². The Morgan fingerprint density at radius 2 is 2.00 bits per heavy atom. The van der Waals surface area contributed by atoms with Crippen molar-refractivity contribution in [3.05, 3.63) is 18.2 Å². The van der Waals surface area contributed by atoms with Crippen molar-refractivity contribution in [1.82, 2.24) is 4.90 Å². The maximum Gasteiger partial charge on any atom is 0.219 e. The smallest absolute Gasteiger partial charge is 0.219 e. The molecule has 0 aromatic heterocycles. The number of para-hydroxylation sites is 1. The van der Waals surface area contributed by atoms with Crippen LogP contribution < -0.4 is 15.4 Å². The quantitative estimate of drug-likeness (QED) is 0.867. The minimum atomic E-state index is 0.0971. The van der Waals surface area contributed by atoms with Crippen molar-refractivity contribution in [3.63, 3.8) is 0 Å². The zero-order chi connectivity index (χ0) is 15.4. The van der Waals surface area contributed by atoms with Gasteiger partial charge in [0.05, 0.1) is 17.5 Å². The Bertz CT molecular complexity index is 502. The van der Waals surface area contributed by atoms with Crippen LogP contribution in [0.1, 0.15) is 27.2 Å². The number of carbonyl (C=O) groups is 1. The van der Waals surface area contributed by atoms with Gasteiger partial charge in [0.2, 0.25) is 5.91 Å². The zero-order valence-electron chi connectivity index (χ0n) is 13.1. The van der Waals surface area contributed by atoms with Crippen LogP contribution in [-0.2, 0) is 4.79 Å². The zero-order valence-corrected chi connectivity index (χ0v) is 13.1. The summed E-state index contributed by atoms with van der Waals surface area (Å²) in [6, 6.07) is 5.89. The first kappa shape index (κ1) is 15.5. The molecule has 1 saturated heterocycles. The Balaban J connectivity index is 2.16. The van der Waals surface area contributed by atoms with Crippen LogP contribution in [0.25, 0.3) is 0 Å². The molecule has 1 amide bonds. The van der Waals surface area contributed by atoms with Crippen molar-refractivity contribution in [2.75, 3.05) is 36.8 Å². The van der Waals surface area contributed by atoms with Gasteiger partial charge in [0.1, 0.15) is 5.75 Å². The van der Waals surface area contributed by atoms with Crippen LogP contribution in [0.4, 0.5) is 11.4 Å². The van der Waals surface area contributed by atoms with E-state index >= 15 is 0 Å². The van der Waals surface area contributed by atoms with Crippen molar-refractivity contribution in [2.24, 2.45) is 0 Å². The van der Waals surface area contributed by atoms with E-state index < -0.39 is 0 Å². The SMILES string of the molecule is CC(=O)N1CCCN(c2cccc(OC(C)C)c2N)CC1. The molecule has 116 valence electrons. The number of hydrogen-bond donors (Lipinski definition) is 1. The van der Waals surface area contributed by atoms with Crippen LogP contribution >= 0.6 is 0 Å². The van der Waals surface area contributed by atoms with E-state index in [1.807, 2.05) is 36.9 Å². The summed E-state index contributed by atoms with van der Waals surface area (Å²) in [5.41, 5.74) is 7.94. The van der Waals surface area contributed by atoms with E-state index in [0.29, 0.717) is 5.69 Å². The Hall–Kier alpha value is -1.91. The lowest BCUT2D eigenvalue weighted by Gasteiger charge is -2.26. The highest BCUT2D eigenvalue weighted by molar-refractivity contribution is 5.75. The third-order valence-electron chi connectivity index (χ3n) is 3.69. The normalized spacial score (nSPS) is 16.0. The average Bonchev–Trinajstić information content (AvgIpc) is 2.66.